The van der Waals surface area contributed by atoms with Crippen molar-refractivity contribution in [2.75, 3.05) is 92.3 Å². The Morgan fingerprint density at radius 2 is 0.626 bits per heavy atom. The lowest BCUT2D eigenvalue weighted by atomic mass is 9.96. The van der Waals surface area contributed by atoms with Crippen LogP contribution in [-0.2, 0) is 50.3 Å². The van der Waals surface area contributed by atoms with Crippen molar-refractivity contribution in [3.05, 3.63) is 214 Å². The lowest BCUT2D eigenvalue weighted by Crippen LogP contribution is -2.63. The summed E-state index contributed by atoms with van der Waals surface area (Å²) in [5.41, 5.74) is 12.5. The van der Waals surface area contributed by atoms with E-state index in [1.807, 2.05) is 84.6 Å². The number of fused-ring (bicyclic) bond motifs is 4. The third-order valence-corrected chi connectivity index (χ3v) is 31.9. The number of aromatic nitrogens is 4. The molecular formula is C115H130F4N12O16. The first-order valence-electron chi connectivity index (χ1n) is 51.4. The molecule has 28 nitrogen and oxygen atoms in total. The van der Waals surface area contributed by atoms with Crippen molar-refractivity contribution in [2.45, 2.75) is 249 Å². The molecule has 1 unspecified atom stereocenters. The standard InChI is InChI=1S/2C29H32FN3O4.C29H34FN3O4.C28H32FN3O4/c1-28(2)16-32(27(36)24(34)18-4-5-18)12-13-33(28)26(35)23-15-22-25(37-23)20(29(3)10-11-29)14-21(31-22)17-6-8-19(30)9-7-17;1-28(2)17-32(26(34)23-5-4-14-36-23)12-13-33(28)27(35)24-16-22-25(37-24)20(29(3)10-11-29)15-21(31-22)18-6-8-19(30)9-7-18;1-17(2)24(34)27(36)32-12-13-33(28(3,4)16-32)26(35)23-15-22-25(37-23)20(29(5)10-11-29)14-21(31-22)18-6-8-19(30)9-7-18;1-17(35-5)25(33)31-12-13-32(27(2,3)16-31)26(34)23-15-22-24(36-23)20(28(4)10-11-28)14-21(30-22)18-6-8-19(29)9-7-18/h6-9,14-15,18,24,34H,4-5,10-13,16H2,1-3H3;6-9,15-16,23H,4-5,10-14,17H2,1-3H3;6-9,14-15,17,24,34H,10-13,16H2,1-5H3;6-9,14-15,17H,10-13,16H2,1-5H3/t;23-;24-;17-/m.111/s1. The number of nitrogens with zero attached hydrogens (tertiary/aromatic N) is 12. The Kier molecular flexibility index (Phi) is 27.1. The number of hydrogen-bond donors (Lipinski definition) is 2. The minimum absolute atomic E-state index is 0.0150. The molecule has 0 bridgehead atoms. The van der Waals surface area contributed by atoms with E-state index in [0.717, 1.165) is 139 Å². The highest BCUT2D eigenvalue weighted by molar-refractivity contribution is 6.01. The Bertz CT molecular complexity index is 6650. The van der Waals surface area contributed by atoms with Gasteiger partial charge in [-0.25, -0.2) is 37.5 Å². The van der Waals surface area contributed by atoms with E-state index in [2.05, 4.69) is 27.7 Å². The number of aliphatic hydroxyl groups excluding tert-OH is 2. The number of methoxy groups -OCH3 is 1. The first-order valence-corrected chi connectivity index (χ1v) is 51.4. The molecule has 32 heteroatoms. The molecule has 774 valence electrons. The van der Waals surface area contributed by atoms with Gasteiger partial charge in [0.25, 0.3) is 47.3 Å². The van der Waals surface area contributed by atoms with Crippen molar-refractivity contribution < 1.29 is 93.3 Å². The highest BCUT2D eigenvalue weighted by Crippen LogP contribution is 2.56. The van der Waals surface area contributed by atoms with Gasteiger partial charge in [-0.1, -0.05) is 41.5 Å². The second-order valence-corrected chi connectivity index (χ2v) is 45.8. The van der Waals surface area contributed by atoms with E-state index in [4.69, 9.17) is 47.1 Å². The van der Waals surface area contributed by atoms with E-state index in [1.165, 1.54) is 55.6 Å². The fourth-order valence-corrected chi connectivity index (χ4v) is 21.2. The van der Waals surface area contributed by atoms with Crippen LogP contribution >= 0.6 is 0 Å². The van der Waals surface area contributed by atoms with E-state index >= 15 is 0 Å². The Labute approximate surface area is 851 Å². The predicted octanol–water partition coefficient (Wildman–Crippen LogP) is 19.0. The smallest absolute Gasteiger partial charge is 0.290 e. The fourth-order valence-electron chi connectivity index (χ4n) is 21.2. The summed E-state index contributed by atoms with van der Waals surface area (Å²) in [6.45, 7) is 34.8. The van der Waals surface area contributed by atoms with Gasteiger partial charge in [0, 0.05) is 161 Å². The van der Waals surface area contributed by atoms with Gasteiger partial charge in [-0.15, -0.1) is 0 Å². The highest BCUT2D eigenvalue weighted by atomic mass is 19.1. The fraction of sp³-hybridized carbons (Fsp3) is 0.478. The van der Waals surface area contributed by atoms with Gasteiger partial charge < -0.3 is 76.6 Å². The second-order valence-electron chi connectivity index (χ2n) is 45.8. The number of piperazine rings is 4. The Morgan fingerprint density at radius 3 is 0.871 bits per heavy atom. The zero-order valence-corrected chi connectivity index (χ0v) is 86.5. The minimum Gasteiger partial charge on any atom is -0.449 e. The highest BCUT2D eigenvalue weighted by Gasteiger charge is 2.52. The van der Waals surface area contributed by atoms with Crippen LogP contribution in [0.3, 0.4) is 0 Å². The molecule has 13 heterocycles. The maximum Gasteiger partial charge on any atom is 0.290 e. The molecule has 4 atom stereocenters. The van der Waals surface area contributed by atoms with Crippen LogP contribution in [0.15, 0.2) is 163 Å². The van der Waals surface area contributed by atoms with Crippen molar-refractivity contribution in [1.29, 1.82) is 0 Å². The predicted molar refractivity (Wildman–Crippen MR) is 546 cm³/mol. The van der Waals surface area contributed by atoms with Gasteiger partial charge in [0.1, 0.15) is 69.8 Å². The molecule has 8 amide bonds. The summed E-state index contributed by atoms with van der Waals surface area (Å²) in [5.74, 6) is -1.95. The SMILES string of the molecule is CC(C)[C@@H](O)C(=O)N1CCN(C(=O)c2cc3nc(-c4ccc(F)cc4)cc(C4(C)CC4)c3o2)C(C)(C)C1.CC1(c2cc(-c3ccc(F)cc3)nc3cc(C(=O)N4CCN(C(=O)C(O)C5CC5)CC4(C)C)oc23)CC1.CC1(c2cc(-c3ccc(F)cc3)nc3cc(C(=O)N4CCN(C(=O)[C@H]5CCCO5)CC4(C)C)oc23)CC1.CO[C@H](C)C(=O)N1CCN(C(=O)c2cc3nc(-c4ccc(F)cc4)cc(C4(C)CC4)c3o2)C(C)(C)C1. The lowest BCUT2D eigenvalue weighted by Gasteiger charge is -2.47. The molecule has 10 aliphatic rings. The maximum absolute atomic E-state index is 13.7. The summed E-state index contributed by atoms with van der Waals surface area (Å²) < 4.78 is 89.6. The van der Waals surface area contributed by atoms with Gasteiger partial charge in [-0.05, 0) is 294 Å². The number of benzene rings is 4. The van der Waals surface area contributed by atoms with Crippen molar-refractivity contribution >= 4 is 91.7 Å². The van der Waals surface area contributed by atoms with Crippen LogP contribution in [-0.4, -0.2) is 255 Å². The van der Waals surface area contributed by atoms with Gasteiger partial charge in [-0.2, -0.15) is 0 Å². The van der Waals surface area contributed by atoms with Crippen LogP contribution in [0, 0.1) is 35.1 Å². The van der Waals surface area contributed by atoms with Gasteiger partial charge in [0.15, 0.2) is 45.4 Å². The van der Waals surface area contributed by atoms with Crippen LogP contribution < -0.4 is 0 Å². The topological polar surface area (TPSA) is 326 Å². The molecule has 0 spiro atoms. The van der Waals surface area contributed by atoms with Crippen LogP contribution in [0.1, 0.15) is 245 Å². The molecule has 4 aromatic carbocycles. The molecule has 2 N–H and O–H groups in total. The number of carbonyl (C=O) groups excluding carboxylic acids is 8. The third-order valence-electron chi connectivity index (χ3n) is 31.9. The maximum atomic E-state index is 13.7. The van der Waals surface area contributed by atoms with Crippen molar-refractivity contribution in [3.8, 4) is 45.0 Å². The minimum atomic E-state index is -1.06. The number of furan rings is 4. The Morgan fingerprint density at radius 1 is 0.361 bits per heavy atom. The van der Waals surface area contributed by atoms with E-state index in [-0.39, 0.29) is 133 Å². The van der Waals surface area contributed by atoms with Crippen LogP contribution in [0.25, 0.3) is 89.4 Å². The summed E-state index contributed by atoms with van der Waals surface area (Å²) in [6.07, 6.45) is 8.75. The summed E-state index contributed by atoms with van der Waals surface area (Å²) >= 11 is 0. The molecule has 5 saturated heterocycles. The Balaban J connectivity index is 0.000000123. The zero-order chi connectivity index (χ0) is 105. The molecular weight excluding hydrogens is 1880 g/mol. The van der Waals surface area contributed by atoms with E-state index in [0.29, 0.717) is 135 Å². The largest absolute Gasteiger partial charge is 0.449 e. The van der Waals surface area contributed by atoms with Crippen molar-refractivity contribution in [1.82, 2.24) is 59.1 Å². The second kappa shape index (κ2) is 38.9. The van der Waals surface area contributed by atoms with Gasteiger partial charge in [0.2, 0.25) is 0 Å². The van der Waals surface area contributed by atoms with Crippen LogP contribution in [0.2, 0.25) is 0 Å². The summed E-state index contributed by atoms with van der Waals surface area (Å²) in [6, 6.07) is 39.9. The number of amides is 8. The molecule has 8 aromatic heterocycles. The van der Waals surface area contributed by atoms with E-state index in [1.54, 1.807) is 128 Å². The number of hydrogen-bond acceptors (Lipinski definition) is 20. The number of carbonyl (C=O) groups is 8. The molecule has 5 aliphatic carbocycles. The molecule has 5 aliphatic heterocycles. The van der Waals surface area contributed by atoms with E-state index < -0.39 is 40.5 Å². The molecule has 22 rings (SSSR count). The van der Waals surface area contributed by atoms with E-state index in [9.17, 15) is 66.1 Å². The molecule has 5 saturated carbocycles. The van der Waals surface area contributed by atoms with Crippen LogP contribution in [0.5, 0.6) is 0 Å². The van der Waals surface area contributed by atoms with Crippen molar-refractivity contribution in [2.24, 2.45) is 11.8 Å². The lowest BCUT2D eigenvalue weighted by molar-refractivity contribution is -0.146. The van der Waals surface area contributed by atoms with Gasteiger partial charge in [0.05, 0.1) is 44.9 Å². The number of rotatable bonds is 19. The number of pyridine rings is 4. The monoisotopic (exact) mass is 2010 g/mol. The molecule has 10 fully saturated rings. The van der Waals surface area contributed by atoms with Gasteiger partial charge >= 0.3 is 0 Å². The average molecular weight is 2010 g/mol. The first-order chi connectivity index (χ1) is 69.6. The molecule has 0 radical (unpaired) electrons. The Hall–Kier alpha value is -13.0. The normalized spacial score (nSPS) is 20.6. The molecule has 147 heavy (non-hydrogen) atoms. The first kappa shape index (κ1) is 103. The number of aliphatic hydroxyl groups is 2. The average Bonchev–Trinajstić information content (AvgIpc) is 1.59. The zero-order valence-electron chi connectivity index (χ0n) is 86.5. The summed E-state index contributed by atoms with van der Waals surface area (Å²) in [7, 11) is 1.51. The third kappa shape index (κ3) is 20.8. The van der Waals surface area contributed by atoms with Crippen LogP contribution in [0.4, 0.5) is 17.6 Å². The number of halogens is 4. The van der Waals surface area contributed by atoms with Crippen molar-refractivity contribution in [3.63, 3.8) is 0 Å². The summed E-state index contributed by atoms with van der Waals surface area (Å²) in [5, 5.41) is 20.6. The quantitative estimate of drug-likeness (QED) is 0.0710. The molecule has 12 aromatic rings. The number of ether oxygens (including phenoxy) is 2. The summed E-state index contributed by atoms with van der Waals surface area (Å²) in [4.78, 5) is 139. The van der Waals surface area contributed by atoms with Gasteiger partial charge in [-0.3, -0.25) is 38.4 Å².